The molecule has 0 saturated carbocycles. The van der Waals surface area contributed by atoms with Gasteiger partial charge in [0, 0.05) is 28.7 Å². The second-order valence-electron chi connectivity index (χ2n) is 7.68. The van der Waals surface area contributed by atoms with Gasteiger partial charge >= 0.3 is 0 Å². The van der Waals surface area contributed by atoms with E-state index in [0.29, 0.717) is 36.0 Å². The molecule has 0 aliphatic carbocycles. The first-order valence-electron chi connectivity index (χ1n) is 11.2. The highest BCUT2D eigenvalue weighted by Crippen LogP contribution is 2.37. The van der Waals surface area contributed by atoms with E-state index in [1.807, 2.05) is 51.1 Å². The van der Waals surface area contributed by atoms with Crippen molar-refractivity contribution in [1.82, 2.24) is 0 Å². The number of furan rings is 1. The van der Waals surface area contributed by atoms with Crippen molar-refractivity contribution in [2.75, 3.05) is 18.5 Å². The summed E-state index contributed by atoms with van der Waals surface area (Å²) in [5.74, 6) is 0.652. The Kier molecular flexibility index (Phi) is 6.97. The van der Waals surface area contributed by atoms with Gasteiger partial charge in [-0.3, -0.25) is 4.79 Å². The molecule has 6 heteroatoms. The van der Waals surface area contributed by atoms with Gasteiger partial charge in [0.1, 0.15) is 22.9 Å². The summed E-state index contributed by atoms with van der Waals surface area (Å²) in [7, 11) is 0. The number of hydrogen-bond acceptors (Lipinski definition) is 4. The van der Waals surface area contributed by atoms with Gasteiger partial charge in [0.05, 0.1) is 25.2 Å². The molecular formula is C28H26FNO4. The fraction of sp³-hybridized carbons (Fsp3) is 0.179. The molecule has 1 amide bonds. The fourth-order valence-corrected chi connectivity index (χ4v) is 3.79. The third-order valence-corrected chi connectivity index (χ3v) is 5.35. The Balaban J connectivity index is 1.70. The highest BCUT2D eigenvalue weighted by Gasteiger charge is 2.16. The molecule has 4 aromatic rings. The molecule has 5 nitrogen and oxygen atoms in total. The highest BCUT2D eigenvalue weighted by atomic mass is 19.1. The molecule has 34 heavy (non-hydrogen) atoms. The Hall–Kier alpha value is -4.06. The van der Waals surface area contributed by atoms with Crippen molar-refractivity contribution in [2.24, 2.45) is 0 Å². The van der Waals surface area contributed by atoms with Gasteiger partial charge in [0.25, 0.3) is 0 Å². The second-order valence-corrected chi connectivity index (χ2v) is 7.68. The van der Waals surface area contributed by atoms with Crippen molar-refractivity contribution < 1.29 is 23.1 Å². The van der Waals surface area contributed by atoms with E-state index in [9.17, 15) is 9.18 Å². The molecule has 0 aliphatic heterocycles. The van der Waals surface area contributed by atoms with Gasteiger partial charge in [-0.25, -0.2) is 4.39 Å². The number of hydrogen-bond donors (Lipinski definition) is 1. The van der Waals surface area contributed by atoms with Crippen LogP contribution in [0.3, 0.4) is 0 Å². The zero-order chi connectivity index (χ0) is 24.1. The van der Waals surface area contributed by atoms with Crippen molar-refractivity contribution in [3.05, 3.63) is 84.4 Å². The number of allylic oxidation sites excluding steroid dienone is 1. The average molecular weight is 460 g/mol. The van der Waals surface area contributed by atoms with E-state index >= 15 is 0 Å². The number of fused-ring (bicyclic) bond motifs is 1. The van der Waals surface area contributed by atoms with Gasteiger partial charge in [-0.05, 0) is 62.2 Å². The second kappa shape index (κ2) is 10.3. The summed E-state index contributed by atoms with van der Waals surface area (Å²) in [6.07, 6.45) is 3.18. The summed E-state index contributed by atoms with van der Waals surface area (Å²) in [4.78, 5) is 12.8. The molecule has 1 aromatic heterocycles. The third-order valence-electron chi connectivity index (χ3n) is 5.35. The number of ether oxygens (including phenoxy) is 2. The number of para-hydroxylation sites is 2. The summed E-state index contributed by atoms with van der Waals surface area (Å²) in [6.45, 7) is 6.61. The molecule has 174 valence electrons. The largest absolute Gasteiger partial charge is 0.493 e. The van der Waals surface area contributed by atoms with Gasteiger partial charge in [-0.15, -0.1) is 0 Å². The molecule has 0 bridgehead atoms. The van der Waals surface area contributed by atoms with E-state index in [1.165, 1.54) is 18.2 Å². The minimum atomic E-state index is -0.299. The minimum Gasteiger partial charge on any atom is -0.493 e. The molecule has 0 atom stereocenters. The molecule has 0 radical (unpaired) electrons. The van der Waals surface area contributed by atoms with Crippen LogP contribution in [-0.4, -0.2) is 19.1 Å². The summed E-state index contributed by atoms with van der Waals surface area (Å²) in [5.41, 5.74) is 4.42. The van der Waals surface area contributed by atoms with E-state index in [4.69, 9.17) is 13.9 Å². The van der Waals surface area contributed by atoms with E-state index in [-0.39, 0.29) is 11.7 Å². The number of nitrogens with one attached hydrogen (secondary N) is 1. The Morgan fingerprint density at radius 2 is 1.71 bits per heavy atom. The Labute approximate surface area is 197 Å². The maximum absolute atomic E-state index is 13.4. The zero-order valence-corrected chi connectivity index (χ0v) is 19.4. The summed E-state index contributed by atoms with van der Waals surface area (Å²) < 4.78 is 30.6. The van der Waals surface area contributed by atoms with Crippen LogP contribution >= 0.6 is 0 Å². The van der Waals surface area contributed by atoms with Crippen molar-refractivity contribution in [1.29, 1.82) is 0 Å². The standard InChI is InChI=1S/C28H26FNO4/c1-4-32-25-9-7-6-8-24(25)30-28(31)14-18(3)21-15-22-23(19-10-12-20(29)13-11-19)17-34-27(22)16-26(21)33-5-2/h6-17H,4-5H2,1-3H3,(H,30,31)/b18-14+. The number of halogens is 1. The normalized spacial score (nSPS) is 11.5. The molecule has 0 aliphatic rings. The van der Waals surface area contributed by atoms with Crippen LogP contribution in [-0.2, 0) is 4.79 Å². The summed E-state index contributed by atoms with van der Waals surface area (Å²) in [5, 5.41) is 3.73. The lowest BCUT2D eigenvalue weighted by Crippen LogP contribution is -2.10. The quantitative estimate of drug-likeness (QED) is 0.286. The van der Waals surface area contributed by atoms with Crippen molar-refractivity contribution in [2.45, 2.75) is 20.8 Å². The van der Waals surface area contributed by atoms with Gasteiger partial charge in [-0.1, -0.05) is 24.3 Å². The van der Waals surface area contributed by atoms with E-state index in [1.54, 1.807) is 24.5 Å². The Bertz CT molecular complexity index is 1340. The van der Waals surface area contributed by atoms with Gasteiger partial charge in [0.15, 0.2) is 0 Å². The van der Waals surface area contributed by atoms with Crippen LogP contribution in [0.4, 0.5) is 10.1 Å². The van der Waals surface area contributed by atoms with E-state index in [0.717, 1.165) is 27.6 Å². The maximum Gasteiger partial charge on any atom is 0.248 e. The minimum absolute atomic E-state index is 0.279. The SMILES string of the molecule is CCOc1ccccc1NC(=O)/C=C(\C)c1cc2c(-c3ccc(F)cc3)coc2cc1OCC. The molecule has 0 saturated heterocycles. The lowest BCUT2D eigenvalue weighted by molar-refractivity contribution is -0.111. The molecule has 1 N–H and O–H groups in total. The zero-order valence-electron chi connectivity index (χ0n) is 19.4. The third kappa shape index (κ3) is 4.96. The van der Waals surface area contributed by atoms with Crippen LogP contribution in [0, 0.1) is 5.82 Å². The first-order chi connectivity index (χ1) is 16.5. The number of anilines is 1. The van der Waals surface area contributed by atoms with Crippen molar-refractivity contribution in [3.8, 4) is 22.6 Å². The summed E-state index contributed by atoms with van der Waals surface area (Å²) in [6, 6.07) is 17.3. The molecule has 0 unspecified atom stereocenters. The van der Waals surface area contributed by atoms with E-state index in [2.05, 4.69) is 5.32 Å². The molecule has 0 spiro atoms. The van der Waals surface area contributed by atoms with Crippen LogP contribution in [0.25, 0.3) is 27.7 Å². The number of rotatable bonds is 8. The van der Waals surface area contributed by atoms with Gasteiger partial charge < -0.3 is 19.2 Å². The van der Waals surface area contributed by atoms with Crippen LogP contribution < -0.4 is 14.8 Å². The summed E-state index contributed by atoms with van der Waals surface area (Å²) >= 11 is 0. The number of carbonyl (C=O) groups is 1. The van der Waals surface area contributed by atoms with Crippen LogP contribution in [0.5, 0.6) is 11.5 Å². The molecule has 3 aromatic carbocycles. The van der Waals surface area contributed by atoms with Gasteiger partial charge in [0.2, 0.25) is 5.91 Å². The van der Waals surface area contributed by atoms with Crippen LogP contribution in [0.1, 0.15) is 26.3 Å². The lowest BCUT2D eigenvalue weighted by Gasteiger charge is -2.13. The molecular weight excluding hydrogens is 433 g/mol. The topological polar surface area (TPSA) is 60.7 Å². The predicted molar refractivity (Wildman–Crippen MR) is 133 cm³/mol. The van der Waals surface area contributed by atoms with E-state index < -0.39 is 0 Å². The lowest BCUT2D eigenvalue weighted by atomic mass is 9.99. The smallest absolute Gasteiger partial charge is 0.248 e. The van der Waals surface area contributed by atoms with Crippen molar-refractivity contribution >= 4 is 28.1 Å². The predicted octanol–water partition coefficient (Wildman–Crippen LogP) is 7.08. The van der Waals surface area contributed by atoms with Crippen LogP contribution in [0.15, 0.2) is 77.4 Å². The van der Waals surface area contributed by atoms with Crippen molar-refractivity contribution in [3.63, 3.8) is 0 Å². The maximum atomic E-state index is 13.4. The first-order valence-corrected chi connectivity index (χ1v) is 11.2. The monoisotopic (exact) mass is 459 g/mol. The van der Waals surface area contributed by atoms with Crippen LogP contribution in [0.2, 0.25) is 0 Å². The number of carbonyl (C=O) groups excluding carboxylic acids is 1. The number of benzene rings is 3. The Morgan fingerprint density at radius 3 is 2.44 bits per heavy atom. The molecule has 1 heterocycles. The first kappa shape index (κ1) is 23.1. The van der Waals surface area contributed by atoms with Gasteiger partial charge in [-0.2, -0.15) is 0 Å². The molecule has 4 rings (SSSR count). The Morgan fingerprint density at radius 1 is 1.00 bits per heavy atom. The molecule has 0 fully saturated rings. The number of amides is 1. The highest BCUT2D eigenvalue weighted by molar-refractivity contribution is 6.06. The average Bonchev–Trinajstić information content (AvgIpc) is 3.23. The fourth-order valence-electron chi connectivity index (χ4n) is 3.79.